The largest absolute Gasteiger partial charge is 0.285 e. The van der Waals surface area contributed by atoms with Gasteiger partial charge < -0.3 is 0 Å². The molecule has 0 amide bonds. The maximum atomic E-state index is 9.47. The van der Waals surface area contributed by atoms with E-state index in [1.807, 2.05) is 0 Å². The molecule has 1 fully saturated rings. The number of benzene rings is 1. The van der Waals surface area contributed by atoms with Crippen molar-refractivity contribution in [1.29, 1.82) is 5.26 Å². The number of hydrogen-bond acceptors (Lipinski definition) is 2. The van der Waals surface area contributed by atoms with Crippen LogP contribution in [0.25, 0.3) is 0 Å². The quantitative estimate of drug-likeness (QED) is 0.795. The average molecular weight is 228 g/mol. The van der Waals surface area contributed by atoms with Gasteiger partial charge in [-0.2, -0.15) is 5.26 Å². The van der Waals surface area contributed by atoms with Gasteiger partial charge in [-0.15, -0.1) is 0 Å². The molecule has 0 spiro atoms. The number of hydrogen-bond donors (Lipinski definition) is 0. The van der Waals surface area contributed by atoms with E-state index in [1.54, 1.807) is 0 Å². The van der Waals surface area contributed by atoms with E-state index >= 15 is 0 Å². The van der Waals surface area contributed by atoms with E-state index in [9.17, 15) is 5.26 Å². The third-order valence-electron chi connectivity index (χ3n) is 3.71. The molecule has 2 nitrogen and oxygen atoms in total. The molecule has 2 rings (SSSR count). The van der Waals surface area contributed by atoms with Crippen LogP contribution in [-0.2, 0) is 6.42 Å². The van der Waals surface area contributed by atoms with Crippen molar-refractivity contribution < 1.29 is 0 Å². The molecule has 0 bridgehead atoms. The third-order valence-corrected chi connectivity index (χ3v) is 3.71. The molecule has 1 aromatic carbocycles. The zero-order chi connectivity index (χ0) is 12.3. The van der Waals surface area contributed by atoms with Crippen molar-refractivity contribution in [3.05, 3.63) is 35.4 Å². The average Bonchev–Trinajstić information content (AvgIpc) is 2.86. The molecule has 0 aliphatic carbocycles. The number of nitrogens with zero attached hydrogens (tertiary/aromatic N) is 2. The number of nitriles is 1. The lowest BCUT2D eigenvalue weighted by atomic mass is 9.92. The zero-order valence-electron chi connectivity index (χ0n) is 10.7. The van der Waals surface area contributed by atoms with Gasteiger partial charge in [0.25, 0.3) is 0 Å². The summed E-state index contributed by atoms with van der Waals surface area (Å²) in [7, 11) is 0. The summed E-state index contributed by atoms with van der Waals surface area (Å²) in [5, 5.41) is 9.47. The first-order valence-corrected chi connectivity index (χ1v) is 6.36. The third kappa shape index (κ3) is 2.68. The lowest BCUT2D eigenvalue weighted by molar-refractivity contribution is 0.191. The van der Waals surface area contributed by atoms with Crippen LogP contribution < -0.4 is 0 Å². The van der Waals surface area contributed by atoms with Gasteiger partial charge >= 0.3 is 0 Å². The first-order valence-electron chi connectivity index (χ1n) is 6.36. The molecule has 1 saturated heterocycles. The van der Waals surface area contributed by atoms with E-state index < -0.39 is 0 Å². The molecule has 90 valence electrons. The van der Waals surface area contributed by atoms with Gasteiger partial charge in [0.2, 0.25) is 0 Å². The number of likely N-dealkylation sites (tertiary alicyclic amines) is 1. The molecule has 1 heterocycles. The van der Waals surface area contributed by atoms with Crippen LogP contribution in [0.15, 0.2) is 24.3 Å². The van der Waals surface area contributed by atoms with Gasteiger partial charge in [0.1, 0.15) is 5.54 Å². The van der Waals surface area contributed by atoms with E-state index in [2.05, 4.69) is 49.1 Å². The van der Waals surface area contributed by atoms with Crippen LogP contribution >= 0.6 is 0 Å². The van der Waals surface area contributed by atoms with Crippen LogP contribution in [-0.4, -0.2) is 23.5 Å². The van der Waals surface area contributed by atoms with Gasteiger partial charge in [-0.3, -0.25) is 4.90 Å². The van der Waals surface area contributed by atoms with Gasteiger partial charge in [-0.25, -0.2) is 0 Å². The van der Waals surface area contributed by atoms with Crippen LogP contribution in [0.5, 0.6) is 0 Å². The highest BCUT2D eigenvalue weighted by Crippen LogP contribution is 2.24. The molecular formula is C15H20N2. The molecule has 1 aliphatic rings. The Hall–Kier alpha value is -1.33. The van der Waals surface area contributed by atoms with E-state index in [0.717, 1.165) is 19.5 Å². The number of aryl methyl sites for hydroxylation is 1. The molecule has 0 N–H and O–H groups in total. The van der Waals surface area contributed by atoms with Crippen molar-refractivity contribution in [3.63, 3.8) is 0 Å². The predicted octanol–water partition coefficient (Wildman–Crippen LogP) is 2.92. The molecule has 1 unspecified atom stereocenters. The maximum absolute atomic E-state index is 9.47. The van der Waals surface area contributed by atoms with Crippen molar-refractivity contribution in [2.45, 2.75) is 38.6 Å². The summed E-state index contributed by atoms with van der Waals surface area (Å²) in [5.74, 6) is 0. The van der Waals surface area contributed by atoms with Crippen LogP contribution in [0.4, 0.5) is 0 Å². The maximum Gasteiger partial charge on any atom is 0.110 e. The van der Waals surface area contributed by atoms with E-state index in [4.69, 9.17) is 0 Å². The highest BCUT2D eigenvalue weighted by molar-refractivity contribution is 5.25. The summed E-state index contributed by atoms with van der Waals surface area (Å²) in [6, 6.07) is 11.0. The topological polar surface area (TPSA) is 27.0 Å². The highest BCUT2D eigenvalue weighted by Gasteiger charge is 2.33. The lowest BCUT2D eigenvalue weighted by Crippen LogP contribution is -2.45. The molecule has 2 heteroatoms. The summed E-state index contributed by atoms with van der Waals surface area (Å²) in [4.78, 5) is 2.33. The summed E-state index contributed by atoms with van der Waals surface area (Å²) < 4.78 is 0. The van der Waals surface area contributed by atoms with E-state index in [0.29, 0.717) is 0 Å². The zero-order valence-corrected chi connectivity index (χ0v) is 10.7. The Balaban J connectivity index is 2.14. The van der Waals surface area contributed by atoms with Gasteiger partial charge in [-0.05, 0) is 45.3 Å². The van der Waals surface area contributed by atoms with Crippen LogP contribution in [0.3, 0.4) is 0 Å². The minimum Gasteiger partial charge on any atom is -0.285 e. The first kappa shape index (κ1) is 12.1. The predicted molar refractivity (Wildman–Crippen MR) is 69.7 cm³/mol. The van der Waals surface area contributed by atoms with Crippen molar-refractivity contribution in [2.24, 2.45) is 0 Å². The normalized spacial score (nSPS) is 19.8. The molecule has 0 radical (unpaired) electrons. The Labute approximate surface area is 104 Å². The van der Waals surface area contributed by atoms with Gasteiger partial charge in [0.15, 0.2) is 0 Å². The fraction of sp³-hybridized carbons (Fsp3) is 0.533. The Morgan fingerprint density at radius 1 is 1.24 bits per heavy atom. The standard InChI is InChI=1S/C15H20N2/c1-13-5-7-14(8-6-13)11-15(2,12-16)17-9-3-4-10-17/h5-8H,3-4,9-11H2,1-2H3. The van der Waals surface area contributed by atoms with Crippen molar-refractivity contribution in [3.8, 4) is 6.07 Å². The second-order valence-electron chi connectivity index (χ2n) is 5.24. The van der Waals surface area contributed by atoms with Crippen LogP contribution in [0.2, 0.25) is 0 Å². The van der Waals surface area contributed by atoms with Gasteiger partial charge in [0, 0.05) is 6.42 Å². The van der Waals surface area contributed by atoms with E-state index in [-0.39, 0.29) is 5.54 Å². The van der Waals surface area contributed by atoms with Crippen LogP contribution in [0, 0.1) is 18.3 Å². The fourth-order valence-corrected chi connectivity index (χ4v) is 2.54. The minimum atomic E-state index is -0.342. The second-order valence-corrected chi connectivity index (χ2v) is 5.24. The Morgan fingerprint density at radius 2 is 1.82 bits per heavy atom. The minimum absolute atomic E-state index is 0.342. The molecule has 0 saturated carbocycles. The molecule has 17 heavy (non-hydrogen) atoms. The second kappa shape index (κ2) is 4.89. The summed E-state index contributed by atoms with van der Waals surface area (Å²) >= 11 is 0. The van der Waals surface area contributed by atoms with Gasteiger partial charge in [0.05, 0.1) is 6.07 Å². The summed E-state index contributed by atoms with van der Waals surface area (Å²) in [6.45, 7) is 6.29. The van der Waals surface area contributed by atoms with Crippen molar-refractivity contribution in [2.75, 3.05) is 13.1 Å². The molecule has 0 aromatic heterocycles. The molecular weight excluding hydrogens is 208 g/mol. The highest BCUT2D eigenvalue weighted by atomic mass is 15.2. The fourth-order valence-electron chi connectivity index (χ4n) is 2.54. The monoisotopic (exact) mass is 228 g/mol. The SMILES string of the molecule is Cc1ccc(CC(C)(C#N)N2CCCC2)cc1. The summed E-state index contributed by atoms with van der Waals surface area (Å²) in [6.07, 6.45) is 3.28. The number of rotatable bonds is 3. The smallest absolute Gasteiger partial charge is 0.110 e. The molecule has 1 atom stereocenters. The first-order chi connectivity index (χ1) is 8.14. The summed E-state index contributed by atoms with van der Waals surface area (Å²) in [5.41, 5.74) is 2.19. The van der Waals surface area contributed by atoms with Gasteiger partial charge in [-0.1, -0.05) is 29.8 Å². The Kier molecular flexibility index (Phi) is 3.49. The lowest BCUT2D eigenvalue weighted by Gasteiger charge is -2.32. The molecule has 1 aliphatic heterocycles. The van der Waals surface area contributed by atoms with Crippen molar-refractivity contribution in [1.82, 2.24) is 4.90 Å². The van der Waals surface area contributed by atoms with E-state index in [1.165, 1.54) is 24.0 Å². The Morgan fingerprint density at radius 3 is 2.35 bits per heavy atom. The Bertz CT molecular complexity index is 410. The van der Waals surface area contributed by atoms with Crippen molar-refractivity contribution >= 4 is 0 Å². The van der Waals surface area contributed by atoms with Crippen LogP contribution in [0.1, 0.15) is 30.9 Å². The molecule has 1 aromatic rings.